The monoisotopic (exact) mass is 590 g/mol. The molecule has 7 nitrogen and oxygen atoms in total. The minimum absolute atomic E-state index is 0.0516. The van der Waals surface area contributed by atoms with Crippen molar-refractivity contribution in [3.63, 3.8) is 0 Å². The van der Waals surface area contributed by atoms with Gasteiger partial charge in [0.15, 0.2) is 5.82 Å². The maximum Gasteiger partial charge on any atom is 0.418 e. The lowest BCUT2D eigenvalue weighted by atomic mass is 9.95. The fourth-order valence-corrected chi connectivity index (χ4v) is 7.67. The first-order chi connectivity index (χ1) is 19.6. The van der Waals surface area contributed by atoms with Crippen molar-refractivity contribution in [3.05, 3.63) is 40.7 Å². The van der Waals surface area contributed by atoms with Crippen LogP contribution >= 0.6 is 11.6 Å². The number of piperazine rings is 1. The Labute approximate surface area is 240 Å². The summed E-state index contributed by atoms with van der Waals surface area (Å²) < 4.78 is 63.6. The maximum absolute atomic E-state index is 16.5. The zero-order valence-electron chi connectivity index (χ0n) is 22.4. The Kier molecular flexibility index (Phi) is 6.48. The number of fused-ring (bicyclic) bond motifs is 4. The predicted octanol–water partition coefficient (Wildman–Crippen LogP) is 5.64. The molecule has 2 aromatic carbocycles. The number of aromatic nitrogens is 2. The quantitative estimate of drug-likeness (QED) is 0.294. The second kappa shape index (κ2) is 9.84. The Balaban J connectivity index is 1.35. The Hall–Kier alpha value is -2.89. The molecule has 7 rings (SSSR count). The molecular formula is C29H31ClF4N6O. The van der Waals surface area contributed by atoms with E-state index in [1.807, 2.05) is 0 Å². The molecule has 3 N–H and O–H groups in total. The Morgan fingerprint density at radius 2 is 1.80 bits per heavy atom. The SMILES string of the molecule is Nc1c(-c2c(Cl)cc3c(N4CC5CCC(C4)N5)nc(OCC45CCCN4CCC5)nc3c2F)cccc1C(F)(F)F. The largest absolute Gasteiger partial charge is 0.461 e. The van der Waals surface area contributed by atoms with E-state index in [1.165, 1.54) is 18.2 Å². The summed E-state index contributed by atoms with van der Waals surface area (Å²) in [5, 5.41) is 3.91. The molecule has 3 aromatic rings. The standard InChI is InChI=1S/C29H31ClF4N6O/c30-21-12-19-25(23(31)22(21)18-4-1-5-20(24(18)35)29(32,33)34)37-27(41-15-28-8-2-10-40(28)11-3-9-28)38-26(19)39-13-16-6-7-17(14-39)36-16/h1,4-5,12,16-17,36H,2-3,6-11,13-15,35H2. The molecule has 12 heteroatoms. The van der Waals surface area contributed by atoms with Crippen LogP contribution in [-0.4, -0.2) is 65.3 Å². The zero-order valence-corrected chi connectivity index (χ0v) is 23.2. The molecule has 2 bridgehead atoms. The van der Waals surface area contributed by atoms with Crippen LogP contribution in [0.3, 0.4) is 0 Å². The number of halogens is 5. The van der Waals surface area contributed by atoms with Gasteiger partial charge < -0.3 is 20.7 Å². The second-order valence-corrected chi connectivity index (χ2v) is 12.2. The zero-order chi connectivity index (χ0) is 28.5. The molecule has 2 atom stereocenters. The number of nitrogens with one attached hydrogen (secondary N) is 1. The summed E-state index contributed by atoms with van der Waals surface area (Å²) in [7, 11) is 0. The van der Waals surface area contributed by atoms with E-state index in [4.69, 9.17) is 27.1 Å². The van der Waals surface area contributed by atoms with Crippen molar-refractivity contribution in [2.24, 2.45) is 0 Å². The van der Waals surface area contributed by atoms with Crippen molar-refractivity contribution in [2.75, 3.05) is 43.4 Å². The van der Waals surface area contributed by atoms with Gasteiger partial charge in [0.25, 0.3) is 0 Å². The van der Waals surface area contributed by atoms with Crippen LogP contribution < -0.4 is 20.7 Å². The van der Waals surface area contributed by atoms with Gasteiger partial charge in [0.2, 0.25) is 0 Å². The first kappa shape index (κ1) is 27.0. The molecule has 4 fully saturated rings. The third-order valence-electron chi connectivity index (χ3n) is 9.32. The van der Waals surface area contributed by atoms with Crippen LogP contribution in [0.5, 0.6) is 6.01 Å². The number of nitrogen functional groups attached to an aromatic ring is 1. The van der Waals surface area contributed by atoms with E-state index in [0.717, 1.165) is 57.7 Å². The smallest absolute Gasteiger partial charge is 0.418 e. The number of alkyl halides is 3. The molecule has 4 aliphatic rings. The number of rotatable bonds is 5. The van der Waals surface area contributed by atoms with Crippen LogP contribution in [0, 0.1) is 5.82 Å². The fourth-order valence-electron chi connectivity index (χ4n) is 7.37. The van der Waals surface area contributed by atoms with Gasteiger partial charge >= 0.3 is 12.2 Å². The summed E-state index contributed by atoms with van der Waals surface area (Å²) in [6.45, 7) is 3.83. The van der Waals surface area contributed by atoms with Gasteiger partial charge in [0.05, 0.1) is 21.8 Å². The molecule has 4 aliphatic heterocycles. The van der Waals surface area contributed by atoms with Crippen molar-refractivity contribution in [1.29, 1.82) is 0 Å². The van der Waals surface area contributed by atoms with E-state index in [-0.39, 0.29) is 45.3 Å². The predicted molar refractivity (Wildman–Crippen MR) is 150 cm³/mol. The number of hydrogen-bond acceptors (Lipinski definition) is 7. The first-order valence-electron chi connectivity index (χ1n) is 14.2. The molecule has 41 heavy (non-hydrogen) atoms. The summed E-state index contributed by atoms with van der Waals surface area (Å²) in [6.07, 6.45) is 1.64. The number of hydrogen-bond donors (Lipinski definition) is 2. The Morgan fingerprint density at radius 3 is 2.49 bits per heavy atom. The maximum atomic E-state index is 16.5. The summed E-state index contributed by atoms with van der Waals surface area (Å²) in [5.41, 5.74) is 3.81. The molecule has 218 valence electrons. The molecule has 0 spiro atoms. The van der Waals surface area contributed by atoms with Crippen LogP contribution in [0.2, 0.25) is 5.02 Å². The number of para-hydroxylation sites is 1. The lowest BCUT2D eigenvalue weighted by Crippen LogP contribution is -2.51. The highest BCUT2D eigenvalue weighted by atomic mass is 35.5. The fraction of sp³-hybridized carbons (Fsp3) is 0.517. The third-order valence-corrected chi connectivity index (χ3v) is 9.62. The number of benzene rings is 2. The van der Waals surface area contributed by atoms with Crippen molar-refractivity contribution < 1.29 is 22.3 Å². The van der Waals surface area contributed by atoms with Crippen LogP contribution in [0.1, 0.15) is 44.1 Å². The minimum Gasteiger partial charge on any atom is -0.461 e. The van der Waals surface area contributed by atoms with Crippen molar-refractivity contribution in [1.82, 2.24) is 20.2 Å². The Morgan fingerprint density at radius 1 is 1.10 bits per heavy atom. The van der Waals surface area contributed by atoms with Gasteiger partial charge in [-0.2, -0.15) is 23.1 Å². The minimum atomic E-state index is -4.70. The average Bonchev–Trinajstić information content (AvgIpc) is 3.61. The molecule has 2 unspecified atom stereocenters. The molecular weight excluding hydrogens is 560 g/mol. The first-order valence-corrected chi connectivity index (χ1v) is 14.6. The van der Waals surface area contributed by atoms with Gasteiger partial charge in [-0.25, -0.2) is 4.39 Å². The molecule has 0 amide bonds. The highest BCUT2D eigenvalue weighted by molar-refractivity contribution is 6.34. The van der Waals surface area contributed by atoms with Crippen molar-refractivity contribution >= 4 is 34.0 Å². The lowest BCUT2D eigenvalue weighted by molar-refractivity contribution is -0.136. The third kappa shape index (κ3) is 4.56. The molecule has 5 heterocycles. The molecule has 0 saturated carbocycles. The van der Waals surface area contributed by atoms with E-state index >= 15 is 4.39 Å². The summed E-state index contributed by atoms with van der Waals surface area (Å²) in [5.74, 6) is -0.341. The Bertz CT molecular complexity index is 1500. The molecule has 1 aromatic heterocycles. The van der Waals surface area contributed by atoms with Gasteiger partial charge in [0.1, 0.15) is 17.9 Å². The van der Waals surface area contributed by atoms with Crippen molar-refractivity contribution in [3.8, 4) is 17.1 Å². The second-order valence-electron chi connectivity index (χ2n) is 11.8. The van der Waals surface area contributed by atoms with E-state index in [2.05, 4.69) is 20.1 Å². The lowest BCUT2D eigenvalue weighted by Gasteiger charge is -2.35. The van der Waals surface area contributed by atoms with Gasteiger partial charge in [-0.15, -0.1) is 0 Å². The van der Waals surface area contributed by atoms with E-state index in [0.29, 0.717) is 30.9 Å². The van der Waals surface area contributed by atoms with Crippen LogP contribution in [0.25, 0.3) is 22.0 Å². The normalized spacial score (nSPS) is 23.9. The van der Waals surface area contributed by atoms with Gasteiger partial charge in [0, 0.05) is 41.7 Å². The number of nitrogens with zero attached hydrogens (tertiary/aromatic N) is 4. The van der Waals surface area contributed by atoms with Crippen molar-refractivity contribution in [2.45, 2.75) is 62.3 Å². The van der Waals surface area contributed by atoms with Crippen LogP contribution in [0.4, 0.5) is 29.1 Å². The van der Waals surface area contributed by atoms with Gasteiger partial charge in [-0.05, 0) is 63.7 Å². The van der Waals surface area contributed by atoms with Crippen LogP contribution in [-0.2, 0) is 6.18 Å². The molecule has 0 aliphatic carbocycles. The topological polar surface area (TPSA) is 79.5 Å². The average molecular weight is 591 g/mol. The number of ether oxygens (including phenoxy) is 1. The molecule has 4 saturated heterocycles. The number of nitrogens with two attached hydrogens (primary N) is 1. The van der Waals surface area contributed by atoms with Crippen LogP contribution in [0.15, 0.2) is 24.3 Å². The highest BCUT2D eigenvalue weighted by Crippen LogP contribution is 2.45. The highest BCUT2D eigenvalue weighted by Gasteiger charge is 2.45. The van der Waals surface area contributed by atoms with Gasteiger partial charge in [-0.3, -0.25) is 4.90 Å². The summed E-state index contributed by atoms with van der Waals surface area (Å²) in [6, 6.07) is 5.56. The summed E-state index contributed by atoms with van der Waals surface area (Å²) >= 11 is 6.61. The van der Waals surface area contributed by atoms with E-state index in [1.54, 1.807) is 0 Å². The van der Waals surface area contributed by atoms with E-state index < -0.39 is 23.2 Å². The summed E-state index contributed by atoms with van der Waals surface area (Å²) in [4.78, 5) is 13.8. The van der Waals surface area contributed by atoms with Gasteiger partial charge in [-0.1, -0.05) is 23.7 Å². The van der Waals surface area contributed by atoms with E-state index in [9.17, 15) is 13.2 Å². The number of anilines is 2. The molecule has 0 radical (unpaired) electrons.